The highest BCUT2D eigenvalue weighted by atomic mass is 32.1. The molecule has 0 radical (unpaired) electrons. The highest BCUT2D eigenvalue weighted by Gasteiger charge is 2.17. The third-order valence-corrected chi connectivity index (χ3v) is 4.03. The van der Waals surface area contributed by atoms with E-state index in [1.54, 1.807) is 24.8 Å². The quantitative estimate of drug-likeness (QED) is 0.845. The Balaban J connectivity index is 2.16. The van der Waals surface area contributed by atoms with Gasteiger partial charge in [-0.25, -0.2) is 4.98 Å². The van der Waals surface area contributed by atoms with Crippen LogP contribution in [0.4, 0.5) is 0 Å². The van der Waals surface area contributed by atoms with E-state index in [4.69, 9.17) is 4.74 Å². The van der Waals surface area contributed by atoms with Gasteiger partial charge in [-0.15, -0.1) is 11.3 Å². The minimum atomic E-state index is 0.258. The molecule has 0 aliphatic heterocycles. The first kappa shape index (κ1) is 14.0. The maximum absolute atomic E-state index is 5.25. The number of aryl methyl sites for hydroxylation is 1. The van der Waals surface area contributed by atoms with Gasteiger partial charge < -0.3 is 10.1 Å². The molecular weight excluding hydrogens is 260 g/mol. The van der Waals surface area contributed by atoms with E-state index in [0.29, 0.717) is 0 Å². The van der Waals surface area contributed by atoms with Crippen LogP contribution in [-0.2, 0) is 13.0 Å². The van der Waals surface area contributed by atoms with Crippen LogP contribution in [-0.4, -0.2) is 28.4 Å². The lowest BCUT2D eigenvalue weighted by molar-refractivity contribution is 0.415. The highest BCUT2D eigenvalue weighted by molar-refractivity contribution is 7.10. The number of hydrogen-bond donors (Lipinski definition) is 1. The molecule has 0 aliphatic carbocycles. The number of methoxy groups -OCH3 is 1. The molecule has 104 valence electrons. The van der Waals surface area contributed by atoms with Gasteiger partial charge in [-0.1, -0.05) is 6.92 Å². The van der Waals surface area contributed by atoms with Gasteiger partial charge in [-0.2, -0.15) is 5.10 Å². The summed E-state index contributed by atoms with van der Waals surface area (Å²) in [5.41, 5.74) is 0. The van der Waals surface area contributed by atoms with Crippen LogP contribution in [0.25, 0.3) is 0 Å². The largest absolute Gasteiger partial charge is 0.496 e. The van der Waals surface area contributed by atoms with Crippen molar-refractivity contribution in [2.45, 2.75) is 32.9 Å². The molecule has 19 heavy (non-hydrogen) atoms. The number of nitrogens with one attached hydrogen (secondary N) is 1. The molecule has 1 N–H and O–H groups in total. The van der Waals surface area contributed by atoms with Gasteiger partial charge in [0.25, 0.3) is 0 Å². The van der Waals surface area contributed by atoms with Crippen molar-refractivity contribution >= 4 is 11.3 Å². The molecule has 1 atom stereocenters. The van der Waals surface area contributed by atoms with E-state index >= 15 is 0 Å². The van der Waals surface area contributed by atoms with Crippen LogP contribution in [0.2, 0.25) is 0 Å². The summed E-state index contributed by atoms with van der Waals surface area (Å²) in [6, 6.07) is 2.35. The van der Waals surface area contributed by atoms with E-state index in [0.717, 1.165) is 31.1 Å². The van der Waals surface area contributed by atoms with Crippen molar-refractivity contribution in [2.24, 2.45) is 0 Å². The fourth-order valence-electron chi connectivity index (χ4n) is 2.04. The minimum Gasteiger partial charge on any atom is -0.496 e. The Labute approximate surface area is 117 Å². The maximum atomic E-state index is 5.25. The molecule has 2 rings (SSSR count). The summed E-state index contributed by atoms with van der Waals surface area (Å²) in [5.74, 6) is 1.93. The van der Waals surface area contributed by atoms with E-state index in [1.807, 2.05) is 10.1 Å². The lowest BCUT2D eigenvalue weighted by atomic mass is 10.1. The standard InChI is InChI=1S/C13H20N4OS/c1-4-14-11(12-6-10(18-3)8-19-12)7-13-15-9-16-17(13)5-2/h6,8-9,11,14H,4-5,7H2,1-3H3. The molecule has 2 aromatic rings. The lowest BCUT2D eigenvalue weighted by Gasteiger charge is -2.16. The van der Waals surface area contributed by atoms with Crippen molar-refractivity contribution in [1.29, 1.82) is 0 Å². The Morgan fingerprint density at radius 1 is 1.47 bits per heavy atom. The van der Waals surface area contributed by atoms with E-state index in [-0.39, 0.29) is 6.04 Å². The summed E-state index contributed by atoms with van der Waals surface area (Å²) < 4.78 is 7.19. The van der Waals surface area contributed by atoms with Crippen molar-refractivity contribution in [2.75, 3.05) is 13.7 Å². The number of hydrogen-bond acceptors (Lipinski definition) is 5. The van der Waals surface area contributed by atoms with Crippen molar-refractivity contribution in [1.82, 2.24) is 20.1 Å². The van der Waals surface area contributed by atoms with E-state index in [9.17, 15) is 0 Å². The molecular formula is C13H20N4OS. The van der Waals surface area contributed by atoms with Crippen molar-refractivity contribution in [3.63, 3.8) is 0 Å². The molecule has 0 spiro atoms. The van der Waals surface area contributed by atoms with Crippen LogP contribution in [0.15, 0.2) is 17.8 Å². The lowest BCUT2D eigenvalue weighted by Crippen LogP contribution is -2.23. The van der Waals surface area contributed by atoms with Crippen LogP contribution in [0.1, 0.15) is 30.6 Å². The number of nitrogens with zero attached hydrogens (tertiary/aromatic N) is 3. The predicted molar refractivity (Wildman–Crippen MR) is 76.7 cm³/mol. The first-order chi connectivity index (χ1) is 9.28. The van der Waals surface area contributed by atoms with Crippen molar-refractivity contribution in [3.05, 3.63) is 28.5 Å². The maximum Gasteiger partial charge on any atom is 0.138 e. The Bertz CT molecular complexity index is 508. The van der Waals surface area contributed by atoms with E-state index in [1.165, 1.54) is 4.88 Å². The number of thiophene rings is 1. The van der Waals surface area contributed by atoms with Gasteiger partial charge in [0.2, 0.25) is 0 Å². The Morgan fingerprint density at radius 2 is 2.32 bits per heavy atom. The van der Waals surface area contributed by atoms with Crippen LogP contribution in [0, 0.1) is 0 Å². The van der Waals surface area contributed by atoms with Crippen LogP contribution >= 0.6 is 11.3 Å². The molecule has 5 nitrogen and oxygen atoms in total. The van der Waals surface area contributed by atoms with Gasteiger partial charge in [0.05, 0.1) is 7.11 Å². The van der Waals surface area contributed by atoms with Gasteiger partial charge in [-0.05, 0) is 19.5 Å². The third kappa shape index (κ3) is 3.33. The van der Waals surface area contributed by atoms with Crippen molar-refractivity contribution in [3.8, 4) is 5.75 Å². The molecule has 2 heterocycles. The molecule has 0 aliphatic rings. The SMILES string of the molecule is CCNC(Cc1ncnn1CC)c1cc(OC)cs1. The number of rotatable bonds is 7. The second-order valence-electron chi connectivity index (χ2n) is 4.20. The molecule has 0 saturated carbocycles. The molecule has 6 heteroatoms. The van der Waals surface area contributed by atoms with Gasteiger partial charge in [0.1, 0.15) is 17.9 Å². The zero-order valence-corrected chi connectivity index (χ0v) is 12.4. The smallest absolute Gasteiger partial charge is 0.138 e. The molecule has 0 bridgehead atoms. The normalized spacial score (nSPS) is 12.6. The summed E-state index contributed by atoms with van der Waals surface area (Å²) >= 11 is 1.71. The molecule has 0 fully saturated rings. The van der Waals surface area contributed by atoms with Gasteiger partial charge in [0.15, 0.2) is 0 Å². The number of ether oxygens (including phenoxy) is 1. The van der Waals surface area contributed by atoms with Crippen LogP contribution in [0.5, 0.6) is 5.75 Å². The number of likely N-dealkylation sites (N-methyl/N-ethyl adjacent to an activating group) is 1. The van der Waals surface area contributed by atoms with Crippen LogP contribution in [0.3, 0.4) is 0 Å². The Kier molecular flexibility index (Phi) is 4.93. The summed E-state index contributed by atoms with van der Waals surface area (Å²) in [4.78, 5) is 5.61. The first-order valence-electron chi connectivity index (χ1n) is 6.50. The average Bonchev–Trinajstić information content (AvgIpc) is 3.06. The topological polar surface area (TPSA) is 52.0 Å². The fourth-order valence-corrected chi connectivity index (χ4v) is 2.97. The molecule has 0 saturated heterocycles. The second-order valence-corrected chi connectivity index (χ2v) is 5.14. The molecule has 2 aromatic heterocycles. The minimum absolute atomic E-state index is 0.258. The fraction of sp³-hybridized carbons (Fsp3) is 0.538. The Morgan fingerprint density at radius 3 is 2.95 bits per heavy atom. The van der Waals surface area contributed by atoms with Gasteiger partial charge in [-0.3, -0.25) is 4.68 Å². The third-order valence-electron chi connectivity index (χ3n) is 3.01. The highest BCUT2D eigenvalue weighted by Crippen LogP contribution is 2.28. The van der Waals surface area contributed by atoms with E-state index < -0.39 is 0 Å². The molecule has 1 unspecified atom stereocenters. The Hall–Kier alpha value is -1.40. The van der Waals surface area contributed by atoms with Crippen LogP contribution < -0.4 is 10.1 Å². The summed E-state index contributed by atoms with van der Waals surface area (Å²) in [6.07, 6.45) is 2.46. The summed E-state index contributed by atoms with van der Waals surface area (Å²) in [6.45, 7) is 5.96. The second kappa shape index (κ2) is 6.68. The molecule has 0 aromatic carbocycles. The summed E-state index contributed by atoms with van der Waals surface area (Å²) in [7, 11) is 1.70. The average molecular weight is 280 g/mol. The van der Waals surface area contributed by atoms with Gasteiger partial charge >= 0.3 is 0 Å². The van der Waals surface area contributed by atoms with E-state index in [2.05, 4.69) is 35.3 Å². The first-order valence-corrected chi connectivity index (χ1v) is 7.38. The zero-order valence-electron chi connectivity index (χ0n) is 11.6. The van der Waals surface area contributed by atoms with Crippen molar-refractivity contribution < 1.29 is 4.74 Å². The monoisotopic (exact) mass is 280 g/mol. The molecule has 0 amide bonds. The predicted octanol–water partition coefficient (Wildman–Crippen LogP) is 2.26. The summed E-state index contributed by atoms with van der Waals surface area (Å²) in [5, 5.41) is 9.75. The zero-order chi connectivity index (χ0) is 13.7. The van der Waals surface area contributed by atoms with Gasteiger partial charge in [0, 0.05) is 29.3 Å². The number of aromatic nitrogens is 3.